The van der Waals surface area contributed by atoms with Crippen molar-refractivity contribution in [3.63, 3.8) is 0 Å². The fraction of sp³-hybridized carbons (Fsp3) is 0.643. The fourth-order valence-corrected chi connectivity index (χ4v) is 2.00. The summed E-state index contributed by atoms with van der Waals surface area (Å²) in [6.07, 6.45) is 2.11. The second kappa shape index (κ2) is 7.84. The molecule has 106 valence electrons. The monoisotopic (exact) mass is 266 g/mol. The number of aryl methyl sites for hydroxylation is 2. The van der Waals surface area contributed by atoms with Crippen LogP contribution in [0.25, 0.3) is 0 Å². The van der Waals surface area contributed by atoms with Crippen LogP contribution in [0, 0.1) is 0 Å². The van der Waals surface area contributed by atoms with Crippen molar-refractivity contribution >= 4 is 5.97 Å². The summed E-state index contributed by atoms with van der Waals surface area (Å²) in [7, 11) is 0. The Morgan fingerprint density at radius 1 is 1.16 bits per heavy atom. The molecule has 0 saturated heterocycles. The summed E-state index contributed by atoms with van der Waals surface area (Å²) in [5, 5.41) is 8.97. The lowest BCUT2D eigenvalue weighted by Gasteiger charge is -2.12. The van der Waals surface area contributed by atoms with Crippen LogP contribution in [0.5, 0.6) is 0 Å². The summed E-state index contributed by atoms with van der Waals surface area (Å²) >= 11 is 0. The van der Waals surface area contributed by atoms with Crippen LogP contribution in [0.4, 0.5) is 0 Å². The third kappa shape index (κ3) is 4.59. The zero-order valence-electron chi connectivity index (χ0n) is 11.9. The summed E-state index contributed by atoms with van der Waals surface area (Å²) in [5.74, 6) is -0.0913. The molecule has 5 heteroatoms. The van der Waals surface area contributed by atoms with Gasteiger partial charge in [0.05, 0.1) is 13.0 Å². The van der Waals surface area contributed by atoms with Gasteiger partial charge in [0.15, 0.2) is 0 Å². The number of carboxylic acid groups (broad SMARTS) is 1. The Morgan fingerprint density at radius 3 is 2.16 bits per heavy atom. The van der Waals surface area contributed by atoms with Gasteiger partial charge in [0.1, 0.15) is 5.82 Å². The van der Waals surface area contributed by atoms with Crippen molar-refractivity contribution in [3.05, 3.63) is 22.8 Å². The van der Waals surface area contributed by atoms with E-state index in [1.54, 1.807) is 0 Å². The molecule has 19 heavy (non-hydrogen) atoms. The zero-order chi connectivity index (χ0) is 14.3. The maximum atomic E-state index is 10.9. The van der Waals surface area contributed by atoms with Crippen molar-refractivity contribution in [2.45, 2.75) is 46.5 Å². The molecule has 0 aliphatic heterocycles. The van der Waals surface area contributed by atoms with E-state index in [-0.39, 0.29) is 6.42 Å². The Labute approximate surface area is 114 Å². The summed E-state index contributed by atoms with van der Waals surface area (Å²) in [4.78, 5) is 19.9. The molecule has 0 amide bonds. The second-order valence-corrected chi connectivity index (χ2v) is 4.24. The third-order valence-electron chi connectivity index (χ3n) is 2.90. The van der Waals surface area contributed by atoms with Crippen molar-refractivity contribution < 1.29 is 14.6 Å². The first kappa shape index (κ1) is 15.6. The number of hydrogen-bond donors (Lipinski definition) is 1. The molecular formula is C14H22N2O3. The molecule has 0 spiro atoms. The second-order valence-electron chi connectivity index (χ2n) is 4.24. The summed E-state index contributed by atoms with van der Waals surface area (Å²) in [5.41, 5.74) is 2.47. The molecule has 0 unspecified atom stereocenters. The lowest BCUT2D eigenvalue weighted by molar-refractivity contribution is -0.136. The van der Waals surface area contributed by atoms with E-state index in [0.29, 0.717) is 19.6 Å². The topological polar surface area (TPSA) is 72.3 Å². The van der Waals surface area contributed by atoms with Crippen molar-refractivity contribution in [1.29, 1.82) is 0 Å². The minimum atomic E-state index is -0.838. The molecule has 0 aromatic carbocycles. The number of carbonyl (C=O) groups is 1. The highest BCUT2D eigenvalue weighted by molar-refractivity contribution is 5.71. The highest BCUT2D eigenvalue weighted by atomic mass is 16.5. The Morgan fingerprint density at radius 2 is 1.74 bits per heavy atom. The van der Waals surface area contributed by atoms with E-state index in [1.807, 2.05) is 20.8 Å². The smallest absolute Gasteiger partial charge is 0.307 e. The number of aliphatic carboxylic acids is 1. The first-order valence-corrected chi connectivity index (χ1v) is 6.79. The van der Waals surface area contributed by atoms with Crippen molar-refractivity contribution in [3.8, 4) is 0 Å². The molecule has 0 radical (unpaired) electrons. The number of aromatic nitrogens is 2. The first-order chi connectivity index (χ1) is 9.12. The highest BCUT2D eigenvalue weighted by Gasteiger charge is 2.14. The van der Waals surface area contributed by atoms with Gasteiger partial charge in [-0.3, -0.25) is 4.79 Å². The number of ether oxygens (including phenoxy) is 1. The van der Waals surface area contributed by atoms with Gasteiger partial charge >= 0.3 is 5.97 Å². The van der Waals surface area contributed by atoms with Crippen LogP contribution < -0.4 is 0 Å². The van der Waals surface area contributed by atoms with Crippen LogP contribution in [-0.2, 0) is 35.2 Å². The van der Waals surface area contributed by atoms with Crippen LogP contribution in [0.15, 0.2) is 0 Å². The number of nitrogens with zero attached hydrogens (tertiary/aromatic N) is 2. The highest BCUT2D eigenvalue weighted by Crippen LogP contribution is 2.15. The van der Waals surface area contributed by atoms with Gasteiger partial charge in [-0.05, 0) is 19.8 Å². The SMILES string of the molecule is CCOCCc1nc(CC)c(CC(=O)O)c(CC)n1. The van der Waals surface area contributed by atoms with Gasteiger partial charge < -0.3 is 9.84 Å². The van der Waals surface area contributed by atoms with Crippen molar-refractivity contribution in [2.75, 3.05) is 13.2 Å². The van der Waals surface area contributed by atoms with E-state index < -0.39 is 5.97 Å². The molecule has 0 aliphatic carbocycles. The van der Waals surface area contributed by atoms with Crippen LogP contribution in [0.1, 0.15) is 43.5 Å². The van der Waals surface area contributed by atoms with E-state index in [2.05, 4.69) is 9.97 Å². The van der Waals surface area contributed by atoms with Crippen molar-refractivity contribution in [2.24, 2.45) is 0 Å². The molecule has 1 aromatic heterocycles. The molecular weight excluding hydrogens is 244 g/mol. The Balaban J connectivity index is 3.01. The maximum absolute atomic E-state index is 10.9. The van der Waals surface area contributed by atoms with Gasteiger partial charge in [-0.25, -0.2) is 9.97 Å². The molecule has 0 fully saturated rings. The van der Waals surface area contributed by atoms with Gasteiger partial charge in [0.2, 0.25) is 0 Å². The van der Waals surface area contributed by atoms with Crippen LogP contribution in [-0.4, -0.2) is 34.3 Å². The van der Waals surface area contributed by atoms with Crippen LogP contribution in [0.3, 0.4) is 0 Å². The fourth-order valence-electron chi connectivity index (χ4n) is 2.00. The third-order valence-corrected chi connectivity index (χ3v) is 2.90. The molecule has 1 N–H and O–H groups in total. The molecule has 0 atom stereocenters. The minimum absolute atomic E-state index is 0.00190. The van der Waals surface area contributed by atoms with Gasteiger partial charge in [0, 0.05) is 30.0 Å². The quantitative estimate of drug-likeness (QED) is 0.726. The van der Waals surface area contributed by atoms with E-state index in [4.69, 9.17) is 9.84 Å². The lowest BCUT2D eigenvalue weighted by atomic mass is 10.0. The summed E-state index contributed by atoms with van der Waals surface area (Å²) in [6, 6.07) is 0. The average molecular weight is 266 g/mol. The van der Waals surface area contributed by atoms with Crippen molar-refractivity contribution in [1.82, 2.24) is 9.97 Å². The summed E-state index contributed by atoms with van der Waals surface area (Å²) < 4.78 is 5.31. The molecule has 5 nitrogen and oxygen atoms in total. The standard InChI is InChI=1S/C14H22N2O3/c1-4-11-10(9-14(17)18)12(5-2)16-13(15-11)7-8-19-6-3/h4-9H2,1-3H3,(H,17,18). The van der Waals surface area contributed by atoms with Gasteiger partial charge in [0.25, 0.3) is 0 Å². The number of hydrogen-bond acceptors (Lipinski definition) is 4. The van der Waals surface area contributed by atoms with E-state index in [1.165, 1.54) is 0 Å². The largest absolute Gasteiger partial charge is 0.481 e. The summed E-state index contributed by atoms with van der Waals surface area (Å²) in [6.45, 7) is 7.20. The van der Waals surface area contributed by atoms with Gasteiger partial charge in [-0.15, -0.1) is 0 Å². The maximum Gasteiger partial charge on any atom is 0.307 e. The van der Waals surface area contributed by atoms with Gasteiger partial charge in [-0.1, -0.05) is 13.8 Å². The molecule has 0 aliphatic rings. The number of carboxylic acids is 1. The van der Waals surface area contributed by atoms with Gasteiger partial charge in [-0.2, -0.15) is 0 Å². The number of rotatable bonds is 8. The Hall–Kier alpha value is -1.49. The zero-order valence-corrected chi connectivity index (χ0v) is 11.9. The molecule has 0 bridgehead atoms. The molecule has 0 saturated carbocycles. The van der Waals surface area contributed by atoms with E-state index >= 15 is 0 Å². The first-order valence-electron chi connectivity index (χ1n) is 6.79. The predicted molar refractivity (Wildman–Crippen MR) is 72.3 cm³/mol. The lowest BCUT2D eigenvalue weighted by Crippen LogP contribution is -2.14. The minimum Gasteiger partial charge on any atom is -0.481 e. The predicted octanol–water partition coefficient (Wildman–Crippen LogP) is 1.81. The molecule has 1 rings (SSSR count). The van der Waals surface area contributed by atoms with Crippen LogP contribution in [0.2, 0.25) is 0 Å². The van der Waals surface area contributed by atoms with E-state index in [9.17, 15) is 4.79 Å². The Kier molecular flexibility index (Phi) is 6.42. The normalized spacial score (nSPS) is 10.7. The molecule has 1 aromatic rings. The van der Waals surface area contributed by atoms with Crippen LogP contribution >= 0.6 is 0 Å². The Bertz CT molecular complexity index is 408. The van der Waals surface area contributed by atoms with E-state index in [0.717, 1.165) is 35.6 Å². The average Bonchev–Trinajstić information content (AvgIpc) is 2.39. The molecule has 1 heterocycles.